The Morgan fingerprint density at radius 1 is 1.24 bits per heavy atom. The quantitative estimate of drug-likeness (QED) is 0.906. The van der Waals surface area contributed by atoms with E-state index in [4.69, 9.17) is 21.1 Å². The molecular weight excluding hydrogens is 242 g/mol. The zero-order valence-electron chi connectivity index (χ0n) is 9.53. The molecule has 1 N–H and O–H groups in total. The van der Waals surface area contributed by atoms with Gasteiger partial charge in [-0.05, 0) is 29.3 Å². The predicted molar refractivity (Wildman–Crippen MR) is 63.7 cm³/mol. The molecule has 0 unspecified atom stereocenters. The summed E-state index contributed by atoms with van der Waals surface area (Å²) in [5, 5.41) is 6.74. The van der Waals surface area contributed by atoms with Crippen LogP contribution in [0.4, 0.5) is 0 Å². The van der Waals surface area contributed by atoms with Crippen LogP contribution in [0.25, 0.3) is 0 Å². The lowest BCUT2D eigenvalue weighted by Gasteiger charge is -2.08. The molecule has 0 atom stereocenters. The van der Waals surface area contributed by atoms with Crippen LogP contribution in [0.3, 0.4) is 0 Å². The van der Waals surface area contributed by atoms with Gasteiger partial charge in [-0.15, -0.1) is 5.10 Å². The summed E-state index contributed by atoms with van der Waals surface area (Å²) in [5.41, 5.74) is 1.04. The van der Waals surface area contributed by atoms with Gasteiger partial charge in [0.15, 0.2) is 11.5 Å². The van der Waals surface area contributed by atoms with Crippen molar-refractivity contribution >= 4 is 11.6 Å². The van der Waals surface area contributed by atoms with Crippen LogP contribution < -0.4 is 9.47 Å². The van der Waals surface area contributed by atoms with Crippen molar-refractivity contribution in [2.45, 2.75) is 6.42 Å². The van der Waals surface area contributed by atoms with Crippen LogP contribution in [0.1, 0.15) is 11.4 Å². The van der Waals surface area contributed by atoms with Crippen molar-refractivity contribution in [3.8, 4) is 11.5 Å². The van der Waals surface area contributed by atoms with E-state index < -0.39 is 0 Å². The summed E-state index contributed by atoms with van der Waals surface area (Å²) < 4.78 is 10.4. The smallest absolute Gasteiger partial charge is 0.242 e. The molecule has 0 saturated carbocycles. The minimum atomic E-state index is 0.223. The average molecular weight is 254 g/mol. The van der Waals surface area contributed by atoms with Crippen LogP contribution in [0, 0.1) is 0 Å². The van der Waals surface area contributed by atoms with Crippen molar-refractivity contribution in [2.75, 3.05) is 14.2 Å². The first-order valence-electron chi connectivity index (χ1n) is 5.00. The lowest BCUT2D eigenvalue weighted by atomic mass is 10.1. The summed E-state index contributed by atoms with van der Waals surface area (Å²) in [6, 6.07) is 5.69. The number of aromatic nitrogens is 3. The van der Waals surface area contributed by atoms with Crippen molar-refractivity contribution in [3.05, 3.63) is 34.9 Å². The number of ether oxygens (including phenoxy) is 2. The monoisotopic (exact) mass is 253 g/mol. The molecule has 0 fully saturated rings. The molecule has 0 aliphatic heterocycles. The number of halogens is 1. The molecule has 0 spiro atoms. The maximum absolute atomic E-state index is 5.63. The number of hydrogen-bond donors (Lipinski definition) is 1. The molecule has 0 radical (unpaired) electrons. The van der Waals surface area contributed by atoms with Gasteiger partial charge in [0.1, 0.15) is 5.82 Å². The molecule has 17 heavy (non-hydrogen) atoms. The van der Waals surface area contributed by atoms with Gasteiger partial charge in [0.05, 0.1) is 14.2 Å². The number of hydrogen-bond acceptors (Lipinski definition) is 4. The lowest BCUT2D eigenvalue weighted by molar-refractivity contribution is 0.354. The van der Waals surface area contributed by atoms with Crippen LogP contribution in [-0.4, -0.2) is 29.4 Å². The van der Waals surface area contributed by atoms with E-state index in [-0.39, 0.29) is 5.28 Å². The largest absolute Gasteiger partial charge is 0.493 e. The third-order valence-corrected chi connectivity index (χ3v) is 2.49. The van der Waals surface area contributed by atoms with E-state index in [1.54, 1.807) is 14.2 Å². The first kappa shape index (κ1) is 11.7. The molecule has 2 aromatic rings. The van der Waals surface area contributed by atoms with Gasteiger partial charge in [-0.3, -0.25) is 5.10 Å². The van der Waals surface area contributed by atoms with E-state index >= 15 is 0 Å². The van der Waals surface area contributed by atoms with Crippen LogP contribution in [0.2, 0.25) is 5.28 Å². The van der Waals surface area contributed by atoms with Crippen molar-refractivity contribution in [1.82, 2.24) is 15.2 Å². The van der Waals surface area contributed by atoms with E-state index in [0.717, 1.165) is 5.56 Å². The van der Waals surface area contributed by atoms with Crippen molar-refractivity contribution in [3.63, 3.8) is 0 Å². The van der Waals surface area contributed by atoms with Gasteiger partial charge in [0, 0.05) is 6.42 Å². The number of rotatable bonds is 4. The summed E-state index contributed by atoms with van der Waals surface area (Å²) in [6.07, 6.45) is 0.611. The van der Waals surface area contributed by atoms with Crippen molar-refractivity contribution in [1.29, 1.82) is 0 Å². The molecule has 1 aromatic heterocycles. The topological polar surface area (TPSA) is 60.0 Å². The minimum absolute atomic E-state index is 0.223. The average Bonchev–Trinajstić information content (AvgIpc) is 2.74. The third-order valence-electron chi connectivity index (χ3n) is 2.32. The molecule has 0 saturated heterocycles. The van der Waals surface area contributed by atoms with Gasteiger partial charge in [0.25, 0.3) is 0 Å². The number of aromatic amines is 1. The Labute approximate surface area is 104 Å². The number of H-pyrrole nitrogens is 1. The van der Waals surface area contributed by atoms with Crippen molar-refractivity contribution < 1.29 is 9.47 Å². The van der Waals surface area contributed by atoms with Gasteiger partial charge in [-0.25, -0.2) is 4.98 Å². The molecule has 0 aliphatic carbocycles. The second-order valence-corrected chi connectivity index (χ2v) is 3.76. The Hall–Kier alpha value is -1.75. The highest BCUT2D eigenvalue weighted by Gasteiger charge is 2.07. The summed E-state index contributed by atoms with van der Waals surface area (Å²) in [7, 11) is 3.21. The molecule has 6 heteroatoms. The zero-order valence-corrected chi connectivity index (χ0v) is 10.3. The maximum atomic E-state index is 5.63. The highest BCUT2D eigenvalue weighted by molar-refractivity contribution is 6.28. The SMILES string of the molecule is COc1ccc(Cc2nc(Cl)n[nH]2)cc1OC. The fraction of sp³-hybridized carbons (Fsp3) is 0.273. The van der Waals surface area contributed by atoms with Gasteiger partial charge in [0.2, 0.25) is 5.28 Å². The summed E-state index contributed by atoms with van der Waals surface area (Å²) in [6.45, 7) is 0. The molecule has 90 valence electrons. The summed E-state index contributed by atoms with van der Waals surface area (Å²) in [5.74, 6) is 2.10. The van der Waals surface area contributed by atoms with Gasteiger partial charge >= 0.3 is 0 Å². The highest BCUT2D eigenvalue weighted by atomic mass is 35.5. The Morgan fingerprint density at radius 3 is 2.59 bits per heavy atom. The van der Waals surface area contributed by atoms with Gasteiger partial charge in [-0.2, -0.15) is 0 Å². The summed E-state index contributed by atoms with van der Waals surface area (Å²) >= 11 is 5.63. The first-order valence-corrected chi connectivity index (χ1v) is 5.38. The third kappa shape index (κ3) is 2.68. The first-order chi connectivity index (χ1) is 8.22. The molecular formula is C11H12ClN3O2. The molecule has 0 amide bonds. The van der Waals surface area contributed by atoms with E-state index in [9.17, 15) is 0 Å². The number of benzene rings is 1. The second kappa shape index (κ2) is 5.05. The number of nitrogens with one attached hydrogen (secondary N) is 1. The van der Waals surface area contributed by atoms with Crippen LogP contribution in [0.15, 0.2) is 18.2 Å². The van der Waals surface area contributed by atoms with E-state index in [1.807, 2.05) is 18.2 Å². The number of nitrogens with zero attached hydrogens (tertiary/aromatic N) is 2. The molecule has 0 aliphatic rings. The van der Waals surface area contributed by atoms with Crippen LogP contribution in [-0.2, 0) is 6.42 Å². The highest BCUT2D eigenvalue weighted by Crippen LogP contribution is 2.28. The molecule has 1 heterocycles. The maximum Gasteiger partial charge on any atom is 0.242 e. The van der Waals surface area contributed by atoms with E-state index in [0.29, 0.717) is 23.7 Å². The molecule has 1 aromatic carbocycles. The minimum Gasteiger partial charge on any atom is -0.493 e. The fourth-order valence-electron chi connectivity index (χ4n) is 1.54. The fourth-order valence-corrected chi connectivity index (χ4v) is 1.68. The molecule has 2 rings (SSSR count). The Balaban J connectivity index is 2.22. The number of methoxy groups -OCH3 is 2. The Morgan fingerprint density at radius 2 is 2.00 bits per heavy atom. The molecule has 0 bridgehead atoms. The van der Waals surface area contributed by atoms with Gasteiger partial charge in [-0.1, -0.05) is 6.07 Å². The normalized spacial score (nSPS) is 10.3. The van der Waals surface area contributed by atoms with Crippen LogP contribution >= 0.6 is 11.6 Å². The Kier molecular flexibility index (Phi) is 3.49. The van der Waals surface area contributed by atoms with E-state index in [1.165, 1.54) is 0 Å². The van der Waals surface area contributed by atoms with E-state index in [2.05, 4.69) is 15.2 Å². The molecule has 5 nitrogen and oxygen atoms in total. The lowest BCUT2D eigenvalue weighted by Crippen LogP contribution is -1.95. The zero-order chi connectivity index (χ0) is 12.3. The Bertz CT molecular complexity index is 513. The van der Waals surface area contributed by atoms with Crippen LogP contribution in [0.5, 0.6) is 11.5 Å². The summed E-state index contributed by atoms with van der Waals surface area (Å²) in [4.78, 5) is 4.03. The standard InChI is InChI=1S/C11H12ClN3O2/c1-16-8-4-3-7(5-9(8)17-2)6-10-13-11(12)15-14-10/h3-5H,6H2,1-2H3,(H,13,14,15). The van der Waals surface area contributed by atoms with Gasteiger partial charge < -0.3 is 9.47 Å². The second-order valence-electron chi connectivity index (χ2n) is 3.42. The predicted octanol–water partition coefficient (Wildman–Crippen LogP) is 2.07. The van der Waals surface area contributed by atoms with Crippen molar-refractivity contribution in [2.24, 2.45) is 0 Å².